The number of hydrogen-bond donors (Lipinski definition) is 1. The van der Waals surface area contributed by atoms with Crippen LogP contribution >= 0.6 is 0 Å². The molecule has 1 heterocycles. The molecule has 1 radical (unpaired) electrons. The van der Waals surface area contributed by atoms with Crippen molar-refractivity contribution in [3.63, 3.8) is 0 Å². The molecule has 0 bridgehead atoms. The summed E-state index contributed by atoms with van der Waals surface area (Å²) in [6, 6.07) is 1.64. The molecule has 1 N–H and O–H groups in total. The van der Waals surface area contributed by atoms with Gasteiger partial charge in [0.25, 0.3) is 0 Å². The molecule has 2 fully saturated rings. The second kappa shape index (κ2) is 3.11. The van der Waals surface area contributed by atoms with E-state index in [9.17, 15) is 0 Å². The van der Waals surface area contributed by atoms with E-state index in [2.05, 4.69) is 17.3 Å². The number of hydrogen-bond acceptors (Lipinski definition) is 2. The molecular formula is C9H17N2. The average Bonchev–Trinajstić information content (AvgIpc) is 2.87. The third-order valence-corrected chi connectivity index (χ3v) is 2.88. The molecule has 0 unspecified atom stereocenters. The summed E-state index contributed by atoms with van der Waals surface area (Å²) < 4.78 is 0. The molecule has 0 aromatic carbocycles. The second-order valence-corrected chi connectivity index (χ2v) is 3.75. The van der Waals surface area contributed by atoms with Crippen molar-refractivity contribution >= 4 is 0 Å². The predicted octanol–water partition coefficient (Wildman–Crippen LogP) is 0.994. The summed E-state index contributed by atoms with van der Waals surface area (Å²) >= 11 is 0. The van der Waals surface area contributed by atoms with E-state index in [4.69, 9.17) is 0 Å². The molecule has 0 aromatic rings. The van der Waals surface area contributed by atoms with E-state index in [0.717, 1.165) is 6.04 Å². The van der Waals surface area contributed by atoms with Crippen molar-refractivity contribution in [1.82, 2.24) is 10.2 Å². The lowest BCUT2D eigenvalue weighted by Gasteiger charge is -2.31. The van der Waals surface area contributed by atoms with Crippen LogP contribution in [-0.2, 0) is 0 Å². The molecule has 0 spiro atoms. The van der Waals surface area contributed by atoms with Crippen LogP contribution in [0.2, 0.25) is 0 Å². The smallest absolute Gasteiger partial charge is 0.00964 e. The Morgan fingerprint density at radius 3 is 2.18 bits per heavy atom. The molecule has 1 saturated carbocycles. The summed E-state index contributed by atoms with van der Waals surface area (Å²) in [7, 11) is 3.73. The molecular weight excluding hydrogens is 136 g/mol. The maximum absolute atomic E-state index is 3.73. The molecule has 63 valence electrons. The van der Waals surface area contributed by atoms with E-state index >= 15 is 0 Å². The summed E-state index contributed by atoms with van der Waals surface area (Å²) in [6.07, 6.45) is 5.48. The van der Waals surface area contributed by atoms with Gasteiger partial charge >= 0.3 is 0 Å². The van der Waals surface area contributed by atoms with Crippen molar-refractivity contribution in [2.24, 2.45) is 0 Å². The van der Waals surface area contributed by atoms with Gasteiger partial charge in [0.15, 0.2) is 0 Å². The van der Waals surface area contributed by atoms with Crippen LogP contribution in [0, 0.1) is 7.05 Å². The normalized spacial score (nSPS) is 29.2. The maximum Gasteiger partial charge on any atom is 0.00964 e. The van der Waals surface area contributed by atoms with Gasteiger partial charge in [0, 0.05) is 19.1 Å². The monoisotopic (exact) mass is 153 g/mol. The summed E-state index contributed by atoms with van der Waals surface area (Å²) in [4.78, 5) is 2.63. The van der Waals surface area contributed by atoms with Crippen LogP contribution in [0.25, 0.3) is 0 Å². The number of nitrogens with zero attached hydrogens (tertiary/aromatic N) is 1. The minimum absolute atomic E-state index is 0.685. The molecule has 1 saturated heterocycles. The quantitative estimate of drug-likeness (QED) is 0.636. The highest BCUT2D eigenvalue weighted by Gasteiger charge is 2.31. The minimum Gasteiger partial charge on any atom is -0.313 e. The molecule has 0 aromatic heterocycles. The highest BCUT2D eigenvalue weighted by Crippen LogP contribution is 2.29. The molecule has 2 aliphatic rings. The fourth-order valence-corrected chi connectivity index (χ4v) is 1.91. The zero-order valence-electron chi connectivity index (χ0n) is 7.05. The van der Waals surface area contributed by atoms with Crippen molar-refractivity contribution in [2.75, 3.05) is 13.1 Å². The summed E-state index contributed by atoms with van der Waals surface area (Å²) in [5, 5.41) is 3.11. The Kier molecular flexibility index (Phi) is 2.14. The lowest BCUT2D eigenvalue weighted by Crippen LogP contribution is -2.41. The average molecular weight is 153 g/mol. The van der Waals surface area contributed by atoms with Gasteiger partial charge in [-0.2, -0.15) is 0 Å². The van der Waals surface area contributed by atoms with Crippen LogP contribution in [0.15, 0.2) is 0 Å². The van der Waals surface area contributed by atoms with Crippen LogP contribution < -0.4 is 5.32 Å². The van der Waals surface area contributed by atoms with Gasteiger partial charge < -0.3 is 10.2 Å². The van der Waals surface area contributed by atoms with Crippen LogP contribution in [0.1, 0.15) is 25.7 Å². The van der Waals surface area contributed by atoms with Crippen molar-refractivity contribution in [3.05, 3.63) is 7.05 Å². The molecule has 11 heavy (non-hydrogen) atoms. The lowest BCUT2D eigenvalue weighted by molar-refractivity contribution is 0.195. The Hall–Kier alpha value is -0.0800. The molecule has 2 rings (SSSR count). The standard InChI is InChI=1S/C9H17N2/c1-10-8-4-6-11(7-5-8)9-2-3-9/h8-10H,1-7H2. The fourth-order valence-electron chi connectivity index (χ4n) is 1.91. The SMILES string of the molecule is [CH2]NC1CCN(C2CC2)CC1. The number of likely N-dealkylation sites (tertiary alicyclic amines) is 1. The van der Waals surface area contributed by atoms with E-state index in [-0.39, 0.29) is 0 Å². The Morgan fingerprint density at radius 2 is 1.73 bits per heavy atom. The molecule has 2 nitrogen and oxygen atoms in total. The van der Waals surface area contributed by atoms with Crippen molar-refractivity contribution in [2.45, 2.75) is 37.8 Å². The van der Waals surface area contributed by atoms with E-state index in [1.807, 2.05) is 0 Å². The first-order valence-electron chi connectivity index (χ1n) is 4.67. The Morgan fingerprint density at radius 1 is 1.09 bits per heavy atom. The Bertz CT molecular complexity index is 124. The summed E-state index contributed by atoms with van der Waals surface area (Å²) in [5.74, 6) is 0. The van der Waals surface area contributed by atoms with Crippen molar-refractivity contribution < 1.29 is 0 Å². The predicted molar refractivity (Wildman–Crippen MR) is 46.1 cm³/mol. The van der Waals surface area contributed by atoms with Crippen LogP contribution in [0.3, 0.4) is 0 Å². The number of piperidine rings is 1. The van der Waals surface area contributed by atoms with Crippen LogP contribution in [0.4, 0.5) is 0 Å². The molecule has 2 heteroatoms. The first-order valence-corrected chi connectivity index (χ1v) is 4.67. The first-order chi connectivity index (χ1) is 5.40. The zero-order valence-corrected chi connectivity index (χ0v) is 7.05. The van der Waals surface area contributed by atoms with Gasteiger partial charge in [-0.3, -0.25) is 0 Å². The van der Waals surface area contributed by atoms with Gasteiger partial charge in [-0.05, 0) is 38.8 Å². The Labute approximate surface area is 69.0 Å². The highest BCUT2D eigenvalue weighted by atomic mass is 15.2. The van der Waals surface area contributed by atoms with Crippen LogP contribution in [-0.4, -0.2) is 30.1 Å². The van der Waals surface area contributed by atoms with E-state index < -0.39 is 0 Å². The van der Waals surface area contributed by atoms with Crippen LogP contribution in [0.5, 0.6) is 0 Å². The van der Waals surface area contributed by atoms with Gasteiger partial charge in [-0.15, -0.1) is 0 Å². The largest absolute Gasteiger partial charge is 0.313 e. The number of rotatable bonds is 2. The zero-order chi connectivity index (χ0) is 7.68. The minimum atomic E-state index is 0.685. The highest BCUT2D eigenvalue weighted by molar-refractivity contribution is 4.88. The second-order valence-electron chi connectivity index (χ2n) is 3.75. The van der Waals surface area contributed by atoms with E-state index in [0.29, 0.717) is 6.04 Å². The van der Waals surface area contributed by atoms with Gasteiger partial charge in [-0.1, -0.05) is 0 Å². The van der Waals surface area contributed by atoms with Gasteiger partial charge in [0.2, 0.25) is 0 Å². The van der Waals surface area contributed by atoms with Gasteiger partial charge in [0.1, 0.15) is 0 Å². The fraction of sp³-hybridized carbons (Fsp3) is 0.889. The third kappa shape index (κ3) is 1.74. The summed E-state index contributed by atoms with van der Waals surface area (Å²) in [6.45, 7) is 2.58. The third-order valence-electron chi connectivity index (χ3n) is 2.88. The lowest BCUT2D eigenvalue weighted by atomic mass is 10.1. The van der Waals surface area contributed by atoms with Crippen molar-refractivity contribution in [1.29, 1.82) is 0 Å². The molecule has 1 aliphatic heterocycles. The number of nitrogens with one attached hydrogen (secondary N) is 1. The molecule has 0 amide bonds. The maximum atomic E-state index is 3.73. The molecule has 1 aliphatic carbocycles. The van der Waals surface area contributed by atoms with E-state index in [1.54, 1.807) is 0 Å². The van der Waals surface area contributed by atoms with E-state index in [1.165, 1.54) is 38.8 Å². The van der Waals surface area contributed by atoms with Crippen molar-refractivity contribution in [3.8, 4) is 0 Å². The molecule has 0 atom stereocenters. The van der Waals surface area contributed by atoms with Gasteiger partial charge in [-0.25, -0.2) is 0 Å². The van der Waals surface area contributed by atoms with Gasteiger partial charge in [0.05, 0.1) is 0 Å². The summed E-state index contributed by atoms with van der Waals surface area (Å²) in [5.41, 5.74) is 0. The first kappa shape index (κ1) is 7.56. The Balaban J connectivity index is 1.75. The topological polar surface area (TPSA) is 15.3 Å².